The van der Waals surface area contributed by atoms with Gasteiger partial charge in [-0.2, -0.15) is 8.78 Å². The Labute approximate surface area is 205 Å². The molecule has 0 saturated heterocycles. The highest BCUT2D eigenvalue weighted by atomic mass is 19.3. The molecule has 0 bridgehead atoms. The van der Waals surface area contributed by atoms with Crippen molar-refractivity contribution in [2.45, 2.75) is 64.4 Å². The van der Waals surface area contributed by atoms with E-state index in [1.165, 1.54) is 12.8 Å². The van der Waals surface area contributed by atoms with Crippen LogP contribution in [0.3, 0.4) is 0 Å². The van der Waals surface area contributed by atoms with E-state index in [-0.39, 0.29) is 12.8 Å². The number of alkyl halides is 2. The topological polar surface area (TPSA) is 35.5 Å². The lowest BCUT2D eigenvalue weighted by atomic mass is 9.69. The first-order chi connectivity index (χ1) is 17.0. The zero-order chi connectivity index (χ0) is 26.0. The molecule has 0 aromatic heterocycles. The first-order valence-electron chi connectivity index (χ1n) is 12.3. The lowest BCUT2D eigenvalue weighted by Crippen LogP contribution is -2.38. The van der Waals surface area contributed by atoms with Crippen LogP contribution in [-0.2, 0) is 0 Å². The number of hydrogen-bond acceptors (Lipinski definition) is 3. The molecule has 36 heavy (non-hydrogen) atoms. The van der Waals surface area contributed by atoms with Crippen molar-refractivity contribution in [3.8, 4) is 11.5 Å². The van der Waals surface area contributed by atoms with Gasteiger partial charge in [-0.05, 0) is 68.4 Å². The minimum atomic E-state index is -3.64. The second-order valence-electron chi connectivity index (χ2n) is 10.0. The molecule has 0 amide bonds. The summed E-state index contributed by atoms with van der Waals surface area (Å²) in [5.74, 6) is -7.66. The normalized spacial score (nSPS) is 24.9. The summed E-state index contributed by atoms with van der Waals surface area (Å²) < 4.78 is 94.5. The maximum absolute atomic E-state index is 14.9. The van der Waals surface area contributed by atoms with Crippen molar-refractivity contribution in [3.05, 3.63) is 59.2 Å². The molecule has 4 rings (SSSR count). The number of esters is 1. The van der Waals surface area contributed by atoms with E-state index in [0.717, 1.165) is 24.8 Å². The maximum atomic E-state index is 14.9. The van der Waals surface area contributed by atoms with Crippen LogP contribution in [0.5, 0.6) is 11.5 Å². The zero-order valence-corrected chi connectivity index (χ0v) is 19.8. The summed E-state index contributed by atoms with van der Waals surface area (Å²) in [6.45, 7) is 2.23. The van der Waals surface area contributed by atoms with Crippen LogP contribution in [0.15, 0.2) is 30.3 Å². The first-order valence-corrected chi connectivity index (χ1v) is 12.3. The fourth-order valence-electron chi connectivity index (χ4n) is 5.43. The Bertz CT molecular complexity index is 1070. The standard InChI is InChI=1S/C27H28F6O3/c1-15-2-4-16(5-3-15)17-6-8-18(9-7-17)27(32,33)36-20-13-23(30)25(24(31)14-20)26(34)35-19-10-11-21(28)22(29)12-19/h10-18H,2-9H2,1H3. The van der Waals surface area contributed by atoms with E-state index in [0.29, 0.717) is 48.9 Å². The third-order valence-corrected chi connectivity index (χ3v) is 7.55. The van der Waals surface area contributed by atoms with Crippen LogP contribution in [-0.4, -0.2) is 12.1 Å². The van der Waals surface area contributed by atoms with Crippen molar-refractivity contribution in [2.24, 2.45) is 23.7 Å². The molecular formula is C27H28F6O3. The molecule has 0 unspecified atom stereocenters. The van der Waals surface area contributed by atoms with Gasteiger partial charge in [-0.25, -0.2) is 22.4 Å². The van der Waals surface area contributed by atoms with Crippen LogP contribution in [0.2, 0.25) is 0 Å². The molecule has 0 heterocycles. The van der Waals surface area contributed by atoms with Crippen LogP contribution in [0.1, 0.15) is 68.6 Å². The van der Waals surface area contributed by atoms with Crippen molar-refractivity contribution in [3.63, 3.8) is 0 Å². The minimum absolute atomic E-state index is 0.257. The summed E-state index contributed by atoms with van der Waals surface area (Å²) in [6, 6.07) is 3.06. The fraction of sp³-hybridized carbons (Fsp3) is 0.519. The SMILES string of the molecule is CC1CCC(C2CCC(C(F)(F)Oc3cc(F)c(C(=O)Oc4ccc(F)c(F)c4)c(F)c3)CC2)CC1. The summed E-state index contributed by atoms with van der Waals surface area (Å²) in [5.41, 5.74) is -1.17. The van der Waals surface area contributed by atoms with Crippen LogP contribution < -0.4 is 9.47 Å². The van der Waals surface area contributed by atoms with Crippen LogP contribution in [0, 0.1) is 46.9 Å². The van der Waals surface area contributed by atoms with E-state index >= 15 is 0 Å². The lowest BCUT2D eigenvalue weighted by Gasteiger charge is -2.38. The van der Waals surface area contributed by atoms with E-state index in [2.05, 4.69) is 11.7 Å². The number of hydrogen-bond donors (Lipinski definition) is 0. The van der Waals surface area contributed by atoms with Gasteiger partial charge < -0.3 is 9.47 Å². The Morgan fingerprint density at radius 3 is 1.83 bits per heavy atom. The highest BCUT2D eigenvalue weighted by Crippen LogP contribution is 2.45. The van der Waals surface area contributed by atoms with Crippen molar-refractivity contribution in [2.75, 3.05) is 0 Å². The Balaban J connectivity index is 1.38. The second kappa shape index (κ2) is 10.7. The molecule has 0 radical (unpaired) electrons. The third-order valence-electron chi connectivity index (χ3n) is 7.55. The average molecular weight is 515 g/mol. The molecule has 9 heteroatoms. The van der Waals surface area contributed by atoms with Gasteiger partial charge in [0, 0.05) is 18.2 Å². The van der Waals surface area contributed by atoms with Gasteiger partial charge in [-0.15, -0.1) is 0 Å². The van der Waals surface area contributed by atoms with Crippen LogP contribution >= 0.6 is 0 Å². The quantitative estimate of drug-likeness (QED) is 0.222. The molecule has 2 aromatic carbocycles. The van der Waals surface area contributed by atoms with Gasteiger partial charge in [0.15, 0.2) is 11.6 Å². The highest BCUT2D eigenvalue weighted by Gasteiger charge is 2.45. The van der Waals surface area contributed by atoms with Crippen LogP contribution in [0.25, 0.3) is 0 Å². The van der Waals surface area contributed by atoms with Crippen molar-refractivity contribution < 1.29 is 40.6 Å². The number of carbonyl (C=O) groups is 1. The zero-order valence-electron chi connectivity index (χ0n) is 19.8. The lowest BCUT2D eigenvalue weighted by molar-refractivity contribution is -0.224. The van der Waals surface area contributed by atoms with Gasteiger partial charge in [0.2, 0.25) is 0 Å². The van der Waals surface area contributed by atoms with Gasteiger partial charge >= 0.3 is 12.1 Å². The molecule has 2 aliphatic carbocycles. The van der Waals surface area contributed by atoms with Crippen LogP contribution in [0.4, 0.5) is 26.3 Å². The number of benzene rings is 2. The number of ether oxygens (including phenoxy) is 2. The van der Waals surface area contributed by atoms with Crippen molar-refractivity contribution >= 4 is 5.97 Å². The predicted molar refractivity (Wildman–Crippen MR) is 120 cm³/mol. The second-order valence-corrected chi connectivity index (χ2v) is 10.0. The summed E-state index contributed by atoms with van der Waals surface area (Å²) in [6.07, 6.45) is 2.82. The molecule has 2 saturated carbocycles. The van der Waals surface area contributed by atoms with Gasteiger partial charge in [0.25, 0.3) is 0 Å². The first kappa shape index (κ1) is 26.4. The van der Waals surface area contributed by atoms with E-state index < -0.39 is 58.3 Å². The molecular weight excluding hydrogens is 486 g/mol. The molecule has 2 fully saturated rings. The van der Waals surface area contributed by atoms with E-state index in [1.54, 1.807) is 0 Å². The number of rotatable bonds is 6. The Kier molecular flexibility index (Phi) is 7.85. The third kappa shape index (κ3) is 5.98. The molecule has 0 atom stereocenters. The van der Waals surface area contributed by atoms with Gasteiger partial charge in [-0.3, -0.25) is 0 Å². The highest BCUT2D eigenvalue weighted by molar-refractivity contribution is 5.91. The van der Waals surface area contributed by atoms with E-state index in [1.807, 2.05) is 0 Å². The van der Waals surface area contributed by atoms with E-state index in [9.17, 15) is 31.1 Å². The smallest absolute Gasteiger partial charge is 0.400 e. The average Bonchev–Trinajstić information content (AvgIpc) is 2.81. The molecule has 0 aliphatic heterocycles. The largest absolute Gasteiger partial charge is 0.432 e. The summed E-state index contributed by atoms with van der Waals surface area (Å²) >= 11 is 0. The summed E-state index contributed by atoms with van der Waals surface area (Å²) in [5, 5.41) is 0. The fourth-order valence-corrected chi connectivity index (χ4v) is 5.43. The number of halogens is 6. The Morgan fingerprint density at radius 2 is 1.28 bits per heavy atom. The van der Waals surface area contributed by atoms with Gasteiger partial charge in [0.1, 0.15) is 28.7 Å². The number of carbonyl (C=O) groups excluding carboxylic acids is 1. The molecule has 0 N–H and O–H groups in total. The monoisotopic (exact) mass is 514 g/mol. The Morgan fingerprint density at radius 1 is 0.750 bits per heavy atom. The molecule has 196 valence electrons. The molecule has 2 aliphatic rings. The van der Waals surface area contributed by atoms with Crippen molar-refractivity contribution in [1.29, 1.82) is 0 Å². The summed E-state index contributed by atoms with van der Waals surface area (Å²) in [4.78, 5) is 12.2. The van der Waals surface area contributed by atoms with Crippen molar-refractivity contribution in [1.82, 2.24) is 0 Å². The molecule has 0 spiro atoms. The van der Waals surface area contributed by atoms with Gasteiger partial charge in [-0.1, -0.05) is 19.8 Å². The summed E-state index contributed by atoms with van der Waals surface area (Å²) in [7, 11) is 0. The minimum Gasteiger partial charge on any atom is -0.432 e. The molecule has 3 nitrogen and oxygen atoms in total. The predicted octanol–water partition coefficient (Wildman–Crippen LogP) is 8.07. The molecule has 2 aromatic rings. The van der Waals surface area contributed by atoms with Gasteiger partial charge in [0.05, 0.1) is 5.92 Å². The Hall–Kier alpha value is -2.71. The van der Waals surface area contributed by atoms with E-state index in [4.69, 9.17) is 4.74 Å². The maximum Gasteiger partial charge on any atom is 0.400 e.